The number of aryl methyl sites for hydroxylation is 1. The summed E-state index contributed by atoms with van der Waals surface area (Å²) in [6.45, 7) is 3.70. The second-order valence-corrected chi connectivity index (χ2v) is 8.34. The predicted octanol–water partition coefficient (Wildman–Crippen LogP) is 2.41. The van der Waals surface area contributed by atoms with E-state index in [1.165, 1.54) is 0 Å². The number of aliphatic imine (C=N–C) groups is 1. The molecule has 2 heterocycles. The Kier molecular flexibility index (Phi) is 4.37. The molecule has 23 heavy (non-hydrogen) atoms. The van der Waals surface area contributed by atoms with Crippen LogP contribution in [0.5, 0.6) is 5.75 Å². The number of likely N-dealkylation sites (N-methyl/N-ethyl adjacent to an activating group) is 1. The van der Waals surface area contributed by atoms with Crippen LogP contribution in [0.2, 0.25) is 0 Å². The first-order valence-electron chi connectivity index (χ1n) is 7.41. The molecule has 1 unspecified atom stereocenters. The molecular formula is C16H20N2O3S2. The standard InChI is InChI=1S/C16H20N2O3S2/c1-9-4-5-10(12(19)6-9)13-17-11(7-22-13)14-18(3)16(2,8-23-14)15(20)21/h4-6,11,14,19H,7-8H2,1-3H3,(H,20,21)/t11-,14-,16?/m1/s1. The monoisotopic (exact) mass is 352 g/mol. The van der Waals surface area contributed by atoms with Crippen LogP contribution in [0.25, 0.3) is 0 Å². The average Bonchev–Trinajstić information content (AvgIpc) is 3.06. The quantitative estimate of drug-likeness (QED) is 0.870. The number of phenols is 1. The molecule has 3 atom stereocenters. The van der Waals surface area contributed by atoms with Gasteiger partial charge < -0.3 is 10.2 Å². The summed E-state index contributed by atoms with van der Waals surface area (Å²) in [7, 11) is 1.86. The SMILES string of the molecule is Cc1ccc(C2=N[C@@H]([C@H]3SCC(C)(C(=O)O)N3C)CS2)c(O)c1. The zero-order valence-corrected chi connectivity index (χ0v) is 14.9. The molecule has 7 heteroatoms. The summed E-state index contributed by atoms with van der Waals surface area (Å²) in [5.41, 5.74) is 0.925. The number of hydrogen-bond acceptors (Lipinski definition) is 6. The molecule has 5 nitrogen and oxygen atoms in total. The molecule has 1 aromatic rings. The van der Waals surface area contributed by atoms with E-state index in [1.54, 1.807) is 36.5 Å². The molecule has 0 spiro atoms. The zero-order chi connectivity index (χ0) is 16.8. The molecule has 1 saturated heterocycles. The fraction of sp³-hybridized carbons (Fsp3) is 0.500. The van der Waals surface area contributed by atoms with Gasteiger partial charge in [0.05, 0.1) is 11.4 Å². The highest BCUT2D eigenvalue weighted by Gasteiger charge is 2.50. The molecule has 0 bridgehead atoms. The molecular weight excluding hydrogens is 332 g/mol. The Hall–Kier alpha value is -1.18. The third kappa shape index (κ3) is 2.86. The minimum Gasteiger partial charge on any atom is -0.507 e. The van der Waals surface area contributed by atoms with E-state index in [9.17, 15) is 15.0 Å². The van der Waals surface area contributed by atoms with Gasteiger partial charge in [-0.3, -0.25) is 14.7 Å². The summed E-state index contributed by atoms with van der Waals surface area (Å²) >= 11 is 3.27. The largest absolute Gasteiger partial charge is 0.507 e. The number of phenolic OH excluding ortho intramolecular Hbond substituents is 1. The van der Waals surface area contributed by atoms with E-state index < -0.39 is 11.5 Å². The van der Waals surface area contributed by atoms with Gasteiger partial charge in [-0.15, -0.1) is 23.5 Å². The Balaban J connectivity index is 1.82. The Labute approximate surface area is 144 Å². The molecule has 3 rings (SSSR count). The lowest BCUT2D eigenvalue weighted by atomic mass is 10.0. The second-order valence-electron chi connectivity index (χ2n) is 6.22. The van der Waals surface area contributed by atoms with Gasteiger partial charge in [-0.1, -0.05) is 6.07 Å². The highest BCUT2D eigenvalue weighted by atomic mass is 32.2. The van der Waals surface area contributed by atoms with Crippen molar-refractivity contribution >= 4 is 34.5 Å². The molecule has 0 aliphatic carbocycles. The highest BCUT2D eigenvalue weighted by molar-refractivity contribution is 8.14. The van der Waals surface area contributed by atoms with Crippen LogP contribution in [-0.2, 0) is 4.79 Å². The van der Waals surface area contributed by atoms with E-state index in [-0.39, 0.29) is 17.2 Å². The molecule has 2 N–H and O–H groups in total. The van der Waals surface area contributed by atoms with Crippen LogP contribution in [-0.4, -0.2) is 61.6 Å². The lowest BCUT2D eigenvalue weighted by Gasteiger charge is -2.31. The van der Waals surface area contributed by atoms with Crippen molar-refractivity contribution in [3.05, 3.63) is 29.3 Å². The zero-order valence-electron chi connectivity index (χ0n) is 13.3. The lowest BCUT2D eigenvalue weighted by molar-refractivity contribution is -0.147. The number of hydrogen-bond donors (Lipinski definition) is 2. The van der Waals surface area contributed by atoms with Crippen molar-refractivity contribution < 1.29 is 15.0 Å². The number of carbonyl (C=O) groups is 1. The molecule has 0 saturated carbocycles. The highest BCUT2D eigenvalue weighted by Crippen LogP contribution is 2.41. The van der Waals surface area contributed by atoms with Gasteiger partial charge in [0.2, 0.25) is 0 Å². The topological polar surface area (TPSA) is 73.1 Å². The van der Waals surface area contributed by atoms with Gasteiger partial charge in [-0.25, -0.2) is 0 Å². The number of carboxylic acids is 1. The van der Waals surface area contributed by atoms with E-state index >= 15 is 0 Å². The molecule has 1 aromatic carbocycles. The van der Waals surface area contributed by atoms with E-state index in [0.29, 0.717) is 5.75 Å². The van der Waals surface area contributed by atoms with Gasteiger partial charge in [0.15, 0.2) is 0 Å². The number of carboxylic acid groups (broad SMARTS) is 1. The average molecular weight is 352 g/mol. The van der Waals surface area contributed by atoms with Gasteiger partial charge in [-0.05, 0) is 38.6 Å². The Bertz CT molecular complexity index is 679. The number of aromatic hydroxyl groups is 1. The normalized spacial score (nSPS) is 31.3. The smallest absolute Gasteiger partial charge is 0.324 e. The Morgan fingerprint density at radius 2 is 2.22 bits per heavy atom. The lowest BCUT2D eigenvalue weighted by Crippen LogP contribution is -2.52. The summed E-state index contributed by atoms with van der Waals surface area (Å²) < 4.78 is 0. The van der Waals surface area contributed by atoms with Crippen molar-refractivity contribution in [2.45, 2.75) is 30.8 Å². The Morgan fingerprint density at radius 1 is 1.48 bits per heavy atom. The third-order valence-electron chi connectivity index (χ3n) is 4.54. The minimum atomic E-state index is -0.843. The molecule has 2 aliphatic rings. The maximum Gasteiger partial charge on any atom is 0.324 e. The molecule has 1 fully saturated rings. The van der Waals surface area contributed by atoms with Crippen LogP contribution in [0.3, 0.4) is 0 Å². The molecule has 124 valence electrons. The molecule has 0 radical (unpaired) electrons. The minimum absolute atomic E-state index is 0.0341. The van der Waals surface area contributed by atoms with Crippen molar-refractivity contribution in [3.8, 4) is 5.75 Å². The predicted molar refractivity (Wildman–Crippen MR) is 95.7 cm³/mol. The summed E-state index contributed by atoms with van der Waals surface area (Å²) in [6.07, 6.45) is 0. The van der Waals surface area contributed by atoms with Crippen molar-refractivity contribution in [1.29, 1.82) is 0 Å². The van der Waals surface area contributed by atoms with Crippen LogP contribution in [0.15, 0.2) is 23.2 Å². The van der Waals surface area contributed by atoms with Gasteiger partial charge in [0.1, 0.15) is 16.3 Å². The first-order chi connectivity index (χ1) is 10.8. The fourth-order valence-electron chi connectivity index (χ4n) is 2.83. The summed E-state index contributed by atoms with van der Waals surface area (Å²) in [4.78, 5) is 18.2. The van der Waals surface area contributed by atoms with Crippen molar-refractivity contribution in [2.75, 3.05) is 18.6 Å². The van der Waals surface area contributed by atoms with Gasteiger partial charge in [-0.2, -0.15) is 0 Å². The first kappa shape index (κ1) is 16.7. The second kappa shape index (κ2) is 6.03. The van der Waals surface area contributed by atoms with Gasteiger partial charge >= 0.3 is 5.97 Å². The first-order valence-corrected chi connectivity index (χ1v) is 9.45. The van der Waals surface area contributed by atoms with Crippen LogP contribution in [0, 0.1) is 6.92 Å². The van der Waals surface area contributed by atoms with Crippen LogP contribution < -0.4 is 0 Å². The van der Waals surface area contributed by atoms with Gasteiger partial charge in [0, 0.05) is 17.1 Å². The number of nitrogens with zero attached hydrogens (tertiary/aromatic N) is 2. The molecule has 0 amide bonds. The summed E-state index contributed by atoms with van der Waals surface area (Å²) in [5, 5.41) is 20.5. The number of thioether (sulfide) groups is 2. The number of aliphatic carboxylic acids is 1. The van der Waals surface area contributed by atoms with E-state index in [0.717, 1.165) is 21.9 Å². The molecule has 0 aromatic heterocycles. The van der Waals surface area contributed by atoms with Crippen molar-refractivity contribution in [3.63, 3.8) is 0 Å². The number of benzene rings is 1. The maximum absolute atomic E-state index is 11.5. The van der Waals surface area contributed by atoms with E-state index in [1.807, 2.05) is 31.0 Å². The van der Waals surface area contributed by atoms with Crippen molar-refractivity contribution in [1.82, 2.24) is 4.90 Å². The van der Waals surface area contributed by atoms with E-state index in [2.05, 4.69) is 0 Å². The van der Waals surface area contributed by atoms with Gasteiger partial charge in [0.25, 0.3) is 0 Å². The third-order valence-corrected chi connectivity index (χ3v) is 7.35. The molecule has 2 aliphatic heterocycles. The van der Waals surface area contributed by atoms with Crippen molar-refractivity contribution in [2.24, 2.45) is 4.99 Å². The van der Waals surface area contributed by atoms with E-state index in [4.69, 9.17) is 4.99 Å². The Morgan fingerprint density at radius 3 is 2.83 bits per heavy atom. The summed E-state index contributed by atoms with van der Waals surface area (Å²) in [5.74, 6) is 0.826. The van der Waals surface area contributed by atoms with Crippen LogP contribution in [0.4, 0.5) is 0 Å². The fourth-order valence-corrected chi connectivity index (χ4v) is 5.73. The number of rotatable bonds is 3. The summed E-state index contributed by atoms with van der Waals surface area (Å²) in [6, 6.07) is 5.63. The van der Waals surface area contributed by atoms with Crippen LogP contribution >= 0.6 is 23.5 Å². The van der Waals surface area contributed by atoms with Crippen LogP contribution in [0.1, 0.15) is 18.1 Å². The maximum atomic E-state index is 11.5.